The third-order valence-electron chi connectivity index (χ3n) is 22.6. The van der Waals surface area contributed by atoms with Crippen LogP contribution in [-0.2, 0) is 0 Å². The van der Waals surface area contributed by atoms with E-state index in [1.165, 1.54) is 161 Å². The summed E-state index contributed by atoms with van der Waals surface area (Å²) in [7, 11) is 0. The highest BCUT2D eigenvalue weighted by Gasteiger charge is 2.51. The van der Waals surface area contributed by atoms with E-state index >= 15 is 0 Å². The van der Waals surface area contributed by atoms with Crippen molar-refractivity contribution in [1.82, 2.24) is 4.40 Å². The van der Waals surface area contributed by atoms with Crippen molar-refractivity contribution >= 4 is 204 Å². The molecular formula is C89H56B3N7. The summed E-state index contributed by atoms with van der Waals surface area (Å²) in [6, 6.07) is 117. The van der Waals surface area contributed by atoms with E-state index in [1.54, 1.807) is 0 Å². The Morgan fingerprint density at radius 1 is 0.273 bits per heavy atom. The molecule has 9 heterocycles. The van der Waals surface area contributed by atoms with Gasteiger partial charge in [-0.25, -0.2) is 0 Å². The first kappa shape index (κ1) is 53.6. The lowest BCUT2D eigenvalue weighted by Crippen LogP contribution is -2.61. The molecule has 14 aromatic carbocycles. The van der Waals surface area contributed by atoms with Crippen molar-refractivity contribution in [3.05, 3.63) is 333 Å². The van der Waals surface area contributed by atoms with Crippen LogP contribution >= 0.6 is 0 Å². The maximum atomic E-state index is 2.71. The van der Waals surface area contributed by atoms with E-state index in [-0.39, 0.29) is 20.1 Å². The number of hydrogen-bond acceptors (Lipinski definition) is 6. The number of rotatable bonds is 7. The molecule has 0 amide bonds. The number of aromatic nitrogens is 1. The molecule has 0 saturated heterocycles. The highest BCUT2D eigenvalue weighted by molar-refractivity contribution is 7.02. The van der Waals surface area contributed by atoms with Crippen LogP contribution in [0.25, 0.3) is 43.8 Å². The van der Waals surface area contributed by atoms with Crippen LogP contribution in [0, 0.1) is 0 Å². The van der Waals surface area contributed by atoms with Gasteiger partial charge in [-0.05, 0) is 201 Å². The molecule has 0 aliphatic carbocycles. The summed E-state index contributed by atoms with van der Waals surface area (Å²) in [5, 5.41) is 4.99. The Bertz CT molecular complexity index is 6240. The zero-order valence-corrected chi connectivity index (χ0v) is 54.0. The van der Waals surface area contributed by atoms with Gasteiger partial charge in [-0.2, -0.15) is 0 Å². The summed E-state index contributed by atoms with van der Waals surface area (Å²) in [5.41, 5.74) is 37.3. The van der Waals surface area contributed by atoms with Gasteiger partial charge in [0.2, 0.25) is 0 Å². The molecular weight excluding hydrogens is 1200 g/mol. The Balaban J connectivity index is 0.931. The highest BCUT2D eigenvalue weighted by Crippen LogP contribution is 2.56. The second kappa shape index (κ2) is 19.8. The van der Waals surface area contributed by atoms with Crippen LogP contribution in [0.3, 0.4) is 0 Å². The molecule has 0 fully saturated rings. The number of para-hydroxylation sites is 7. The van der Waals surface area contributed by atoms with Gasteiger partial charge in [0.05, 0.1) is 22.2 Å². The Labute approximate surface area is 574 Å². The summed E-state index contributed by atoms with van der Waals surface area (Å²) in [4.78, 5) is 15.5. The molecule has 6 bridgehead atoms. The topological polar surface area (TPSA) is 23.9 Å². The summed E-state index contributed by atoms with van der Waals surface area (Å²) in [6.07, 6.45) is 4.75. The van der Waals surface area contributed by atoms with E-state index in [9.17, 15) is 0 Å². The molecule has 456 valence electrons. The third-order valence-corrected chi connectivity index (χ3v) is 22.6. The third kappa shape index (κ3) is 6.89. The SMILES string of the molecule is C/C=C\C1=C2c3ccc4c(c3)B3c5cc6c7c8c(cc9c%10c%11c(ccc%10n(c6cc5N(c5ccccc5)c5cccc(c53)N4c3ccccc3)c97)B3c4ccccc4N(c4ccccc4)c4cccc(c43)N%11c3ccccc3)N(c3ccccc3)c3cccc(c3B18)N2c1ccccc1. The van der Waals surface area contributed by atoms with Crippen LogP contribution in [0.15, 0.2) is 327 Å². The van der Waals surface area contributed by atoms with Gasteiger partial charge >= 0.3 is 0 Å². The number of anilines is 17. The molecule has 0 spiro atoms. The minimum absolute atomic E-state index is 0.0810. The van der Waals surface area contributed by atoms with Crippen molar-refractivity contribution < 1.29 is 0 Å². The first-order chi connectivity index (χ1) is 49.2. The van der Waals surface area contributed by atoms with E-state index in [0.29, 0.717) is 0 Å². The van der Waals surface area contributed by atoms with Crippen LogP contribution in [0.2, 0.25) is 0 Å². The van der Waals surface area contributed by atoms with E-state index in [4.69, 9.17) is 0 Å². The summed E-state index contributed by atoms with van der Waals surface area (Å²) in [5.74, 6) is 0. The molecule has 23 rings (SSSR count). The zero-order chi connectivity index (χ0) is 64.5. The van der Waals surface area contributed by atoms with Crippen molar-refractivity contribution in [2.75, 3.05) is 29.4 Å². The number of benzene rings is 14. The van der Waals surface area contributed by atoms with Crippen molar-refractivity contribution in [3.63, 3.8) is 0 Å². The number of allylic oxidation sites excluding steroid dienone is 3. The van der Waals surface area contributed by atoms with E-state index in [0.717, 1.165) is 34.1 Å². The van der Waals surface area contributed by atoms with Gasteiger partial charge in [0, 0.05) is 118 Å². The fourth-order valence-electron chi connectivity index (χ4n) is 19.1. The van der Waals surface area contributed by atoms with Crippen LogP contribution in [0.1, 0.15) is 12.5 Å². The molecule has 0 unspecified atom stereocenters. The average Bonchev–Trinajstić information content (AvgIpc) is 1.58. The number of hydrogen-bond donors (Lipinski definition) is 0. The largest absolute Gasteiger partial charge is 0.311 e. The van der Waals surface area contributed by atoms with Gasteiger partial charge < -0.3 is 33.8 Å². The molecule has 16 aromatic rings. The molecule has 0 saturated carbocycles. The van der Waals surface area contributed by atoms with Crippen LogP contribution in [0.5, 0.6) is 0 Å². The standard InChI is InChI=1S/C89H56B3N7/c1-2-26-65-87-55-47-49-70-67(51-55)91-68-52-62-78(54-79(68)95(58-31-13-5-14-32-58)74-43-23-41-72(83(74)91)94(70)57-29-11-4-12-30-57)99-71-50-48-66-89(98(61-37-19-8-20-38-61)76-45-24-42-73-84(76)90(66)64-39-21-22-40-69(64)93(73)56-27-9-3-10-28-56)81(71)63-53-80-86(82(62)88(63)99)92(65)85-75(96(80)59-33-15-6-16-34-59)44-25-46-77(85)97(87)60-35-17-7-18-36-60/h2-54H,1H3/b26-2-. The first-order valence-electron chi connectivity index (χ1n) is 34.6. The maximum absolute atomic E-state index is 2.71. The van der Waals surface area contributed by atoms with E-state index < -0.39 is 0 Å². The molecule has 0 N–H and O–H groups in total. The van der Waals surface area contributed by atoms with Crippen LogP contribution < -0.4 is 73.1 Å². The minimum Gasteiger partial charge on any atom is -0.311 e. The summed E-state index contributed by atoms with van der Waals surface area (Å²) < 4.78 is 2.71. The highest BCUT2D eigenvalue weighted by atomic mass is 15.2. The van der Waals surface area contributed by atoms with Gasteiger partial charge in [-0.1, -0.05) is 182 Å². The lowest BCUT2D eigenvalue weighted by Gasteiger charge is -2.46. The van der Waals surface area contributed by atoms with Gasteiger partial charge in [0.15, 0.2) is 0 Å². The van der Waals surface area contributed by atoms with Crippen molar-refractivity contribution in [3.8, 4) is 0 Å². The van der Waals surface area contributed by atoms with Crippen LogP contribution in [-0.4, -0.2) is 24.5 Å². The van der Waals surface area contributed by atoms with Crippen molar-refractivity contribution in [2.45, 2.75) is 6.92 Å². The lowest BCUT2D eigenvalue weighted by atomic mass is 9.31. The predicted molar refractivity (Wildman–Crippen MR) is 419 cm³/mol. The molecule has 0 radical (unpaired) electrons. The Morgan fingerprint density at radius 2 is 0.707 bits per heavy atom. The molecule has 7 nitrogen and oxygen atoms in total. The molecule has 2 aromatic heterocycles. The quantitative estimate of drug-likeness (QED) is 0.147. The monoisotopic (exact) mass is 1260 g/mol. The van der Waals surface area contributed by atoms with Gasteiger partial charge in [0.25, 0.3) is 20.1 Å². The fourth-order valence-corrected chi connectivity index (χ4v) is 19.1. The predicted octanol–water partition coefficient (Wildman–Crippen LogP) is 17.4. The van der Waals surface area contributed by atoms with Gasteiger partial charge in [-0.3, -0.25) is 0 Å². The smallest absolute Gasteiger partial charge is 0.253 e. The molecule has 10 heteroatoms. The molecule has 99 heavy (non-hydrogen) atoms. The van der Waals surface area contributed by atoms with Gasteiger partial charge in [0.1, 0.15) is 0 Å². The van der Waals surface area contributed by atoms with Crippen molar-refractivity contribution in [2.24, 2.45) is 0 Å². The summed E-state index contributed by atoms with van der Waals surface area (Å²) in [6.45, 7) is 1.76. The fraction of sp³-hybridized carbons (Fsp3) is 0.0112. The normalized spacial score (nSPS) is 14.7. The molecule has 0 atom stereocenters. The molecule has 7 aliphatic rings. The van der Waals surface area contributed by atoms with Crippen LogP contribution in [0.4, 0.5) is 96.7 Å². The maximum Gasteiger partial charge on any atom is 0.253 e. The van der Waals surface area contributed by atoms with Gasteiger partial charge in [-0.15, -0.1) is 0 Å². The second-order valence-electron chi connectivity index (χ2n) is 27.3. The zero-order valence-electron chi connectivity index (χ0n) is 54.0. The minimum atomic E-state index is -0.211. The van der Waals surface area contributed by atoms with E-state index in [1.807, 2.05) is 0 Å². The second-order valence-corrected chi connectivity index (χ2v) is 27.3. The Hall–Kier alpha value is -12.6. The Kier molecular flexibility index (Phi) is 10.7. The lowest BCUT2D eigenvalue weighted by molar-refractivity contribution is 1.24. The summed E-state index contributed by atoms with van der Waals surface area (Å²) >= 11 is 0. The van der Waals surface area contributed by atoms with Crippen molar-refractivity contribution in [1.29, 1.82) is 0 Å². The number of fused-ring (bicyclic) bond motifs is 11. The first-order valence-corrected chi connectivity index (χ1v) is 34.6. The Morgan fingerprint density at radius 3 is 1.26 bits per heavy atom. The average molecular weight is 1260 g/mol. The molecule has 7 aliphatic heterocycles. The van der Waals surface area contributed by atoms with E-state index in [2.05, 4.69) is 362 Å². The number of nitrogens with zero attached hydrogens (tertiary/aromatic N) is 7.